The molecule has 0 aliphatic rings. The van der Waals surface area contributed by atoms with Crippen LogP contribution in [0.4, 0.5) is 0 Å². The zero-order valence-electron chi connectivity index (χ0n) is 13.7. The molecule has 0 saturated carbocycles. The lowest BCUT2D eigenvalue weighted by Gasteiger charge is -2.18. The molecule has 2 atom stereocenters. The fraction of sp³-hybridized carbons (Fsp3) is 0.562. The smallest absolute Gasteiger partial charge is 0.237 e. The fourth-order valence-corrected chi connectivity index (χ4v) is 1.92. The van der Waals surface area contributed by atoms with E-state index in [9.17, 15) is 4.79 Å². The zero-order chi connectivity index (χ0) is 15.8. The van der Waals surface area contributed by atoms with E-state index in [0.717, 1.165) is 12.0 Å². The molecule has 1 amide bonds. The van der Waals surface area contributed by atoms with Gasteiger partial charge in [-0.25, -0.2) is 0 Å². The third-order valence-corrected chi connectivity index (χ3v) is 3.55. The molecule has 3 N–H and O–H groups in total. The Hall–Kier alpha value is -1.46. The molecule has 0 aromatic heterocycles. The summed E-state index contributed by atoms with van der Waals surface area (Å²) in [4.78, 5) is 12.0. The Bertz CT molecular complexity index is 469. The molecule has 0 bridgehead atoms. The Labute approximate surface area is 139 Å². The number of rotatable bonds is 8. The van der Waals surface area contributed by atoms with Crippen molar-refractivity contribution in [3.63, 3.8) is 0 Å². The number of methoxy groups -OCH3 is 1. The lowest BCUT2D eigenvalue weighted by Crippen LogP contribution is -2.44. The molecule has 0 aliphatic heterocycles. The van der Waals surface area contributed by atoms with Crippen LogP contribution in [0, 0.1) is 5.92 Å². The third kappa shape index (κ3) is 5.73. The van der Waals surface area contributed by atoms with E-state index in [-0.39, 0.29) is 24.2 Å². The summed E-state index contributed by atoms with van der Waals surface area (Å²) in [5.74, 6) is 1.40. The molecule has 2 unspecified atom stereocenters. The van der Waals surface area contributed by atoms with E-state index in [1.54, 1.807) is 7.11 Å². The van der Waals surface area contributed by atoms with E-state index in [1.165, 1.54) is 0 Å². The molecule has 1 aromatic carbocycles. The van der Waals surface area contributed by atoms with Crippen molar-refractivity contribution in [3.8, 4) is 11.5 Å². The largest absolute Gasteiger partial charge is 0.493 e. The van der Waals surface area contributed by atoms with Gasteiger partial charge in [0.2, 0.25) is 5.91 Å². The Morgan fingerprint density at radius 3 is 2.55 bits per heavy atom. The topological polar surface area (TPSA) is 73.6 Å². The van der Waals surface area contributed by atoms with Gasteiger partial charge in [-0.3, -0.25) is 4.79 Å². The number of nitrogens with one attached hydrogen (secondary N) is 1. The molecule has 0 fully saturated rings. The number of carbonyl (C=O) groups excluding carboxylic acids is 1. The monoisotopic (exact) mass is 330 g/mol. The first-order valence-electron chi connectivity index (χ1n) is 7.36. The second-order valence-electron chi connectivity index (χ2n) is 5.05. The number of nitrogens with two attached hydrogens (primary N) is 1. The molecular formula is C16H27ClN2O3. The predicted molar refractivity (Wildman–Crippen MR) is 90.7 cm³/mol. The van der Waals surface area contributed by atoms with Crippen LogP contribution in [0.2, 0.25) is 0 Å². The predicted octanol–water partition coefficient (Wildman–Crippen LogP) is 2.51. The van der Waals surface area contributed by atoms with E-state index < -0.39 is 6.04 Å². The first-order chi connectivity index (χ1) is 10.0. The first kappa shape index (κ1) is 20.5. The minimum absolute atomic E-state index is 0. The van der Waals surface area contributed by atoms with Crippen molar-refractivity contribution in [3.05, 3.63) is 23.8 Å². The van der Waals surface area contributed by atoms with Crippen LogP contribution in [0.1, 0.15) is 32.8 Å². The standard InChI is InChI=1S/C16H26N2O3.ClH/c1-5-11(3)15(17)16(19)18-10-12-7-8-13(20-4)14(9-12)21-6-2;/h7-9,11,15H,5-6,10,17H2,1-4H3,(H,18,19);1H. The highest BCUT2D eigenvalue weighted by Gasteiger charge is 2.19. The number of carbonyl (C=O) groups is 1. The van der Waals surface area contributed by atoms with Crippen LogP contribution in [-0.4, -0.2) is 25.7 Å². The van der Waals surface area contributed by atoms with Crippen LogP contribution in [0.25, 0.3) is 0 Å². The Kier molecular flexibility index (Phi) is 9.61. The second-order valence-corrected chi connectivity index (χ2v) is 5.05. The highest BCUT2D eigenvalue weighted by atomic mass is 35.5. The maximum atomic E-state index is 12.0. The van der Waals surface area contributed by atoms with Crippen LogP contribution in [0.5, 0.6) is 11.5 Å². The minimum Gasteiger partial charge on any atom is -0.493 e. The van der Waals surface area contributed by atoms with Crippen LogP contribution < -0.4 is 20.5 Å². The molecule has 0 spiro atoms. The molecule has 1 aromatic rings. The number of ether oxygens (including phenoxy) is 2. The van der Waals surface area contributed by atoms with Gasteiger partial charge in [-0.05, 0) is 30.5 Å². The molecule has 1 rings (SSSR count). The van der Waals surface area contributed by atoms with Gasteiger partial charge in [0.15, 0.2) is 11.5 Å². The van der Waals surface area contributed by atoms with Crippen LogP contribution in [0.15, 0.2) is 18.2 Å². The van der Waals surface area contributed by atoms with Crippen molar-refractivity contribution in [1.29, 1.82) is 0 Å². The fourth-order valence-electron chi connectivity index (χ4n) is 1.92. The van der Waals surface area contributed by atoms with Gasteiger partial charge in [0.05, 0.1) is 19.8 Å². The Balaban J connectivity index is 0.00000441. The SMILES string of the molecule is CCOc1cc(CNC(=O)C(N)C(C)CC)ccc1OC.Cl. The number of amides is 1. The average Bonchev–Trinajstić information content (AvgIpc) is 2.51. The van der Waals surface area contributed by atoms with Gasteiger partial charge in [-0.1, -0.05) is 26.3 Å². The molecule has 0 aliphatic carbocycles. The molecule has 0 heterocycles. The lowest BCUT2D eigenvalue weighted by atomic mass is 9.99. The average molecular weight is 331 g/mol. The van der Waals surface area contributed by atoms with Crippen LogP contribution in [-0.2, 0) is 11.3 Å². The van der Waals surface area contributed by atoms with Gasteiger partial charge < -0.3 is 20.5 Å². The van der Waals surface area contributed by atoms with E-state index >= 15 is 0 Å². The summed E-state index contributed by atoms with van der Waals surface area (Å²) in [7, 11) is 1.60. The number of halogens is 1. The third-order valence-electron chi connectivity index (χ3n) is 3.55. The van der Waals surface area contributed by atoms with Crippen molar-refractivity contribution in [2.24, 2.45) is 11.7 Å². The summed E-state index contributed by atoms with van der Waals surface area (Å²) in [6, 6.07) is 5.13. The molecule has 5 nitrogen and oxygen atoms in total. The lowest BCUT2D eigenvalue weighted by molar-refractivity contribution is -0.123. The first-order valence-corrected chi connectivity index (χ1v) is 7.36. The van der Waals surface area contributed by atoms with Crippen molar-refractivity contribution in [2.45, 2.75) is 39.8 Å². The van der Waals surface area contributed by atoms with Gasteiger partial charge in [0.25, 0.3) is 0 Å². The molecule has 0 saturated heterocycles. The molecule has 126 valence electrons. The molecule has 6 heteroatoms. The zero-order valence-corrected chi connectivity index (χ0v) is 14.5. The maximum absolute atomic E-state index is 12.0. The van der Waals surface area contributed by atoms with Gasteiger partial charge >= 0.3 is 0 Å². The Morgan fingerprint density at radius 1 is 1.32 bits per heavy atom. The summed E-state index contributed by atoms with van der Waals surface area (Å²) in [5.41, 5.74) is 6.85. The Morgan fingerprint density at radius 2 is 2.00 bits per heavy atom. The summed E-state index contributed by atoms with van der Waals surface area (Å²) in [6.45, 7) is 6.90. The summed E-state index contributed by atoms with van der Waals surface area (Å²) in [5, 5.41) is 2.86. The number of hydrogen-bond acceptors (Lipinski definition) is 4. The summed E-state index contributed by atoms with van der Waals surface area (Å²) < 4.78 is 10.7. The van der Waals surface area contributed by atoms with E-state index in [2.05, 4.69) is 5.32 Å². The molecular weight excluding hydrogens is 304 g/mol. The van der Waals surface area contributed by atoms with E-state index in [4.69, 9.17) is 15.2 Å². The van der Waals surface area contributed by atoms with Crippen molar-refractivity contribution in [1.82, 2.24) is 5.32 Å². The maximum Gasteiger partial charge on any atom is 0.237 e. The minimum atomic E-state index is -0.473. The number of benzene rings is 1. The van der Waals surface area contributed by atoms with E-state index in [0.29, 0.717) is 24.7 Å². The van der Waals surface area contributed by atoms with Crippen LogP contribution in [0.3, 0.4) is 0 Å². The second kappa shape index (κ2) is 10.3. The van der Waals surface area contributed by atoms with E-state index in [1.807, 2.05) is 39.0 Å². The highest BCUT2D eigenvalue weighted by molar-refractivity contribution is 5.85. The summed E-state index contributed by atoms with van der Waals surface area (Å²) >= 11 is 0. The van der Waals surface area contributed by atoms with Gasteiger partial charge in [0.1, 0.15) is 0 Å². The van der Waals surface area contributed by atoms with Crippen molar-refractivity contribution in [2.75, 3.05) is 13.7 Å². The van der Waals surface area contributed by atoms with Crippen molar-refractivity contribution < 1.29 is 14.3 Å². The quantitative estimate of drug-likeness (QED) is 0.768. The van der Waals surface area contributed by atoms with Crippen molar-refractivity contribution >= 4 is 18.3 Å². The number of hydrogen-bond donors (Lipinski definition) is 2. The van der Waals surface area contributed by atoms with Crippen LogP contribution >= 0.6 is 12.4 Å². The van der Waals surface area contributed by atoms with Gasteiger partial charge in [-0.2, -0.15) is 0 Å². The normalized spacial score (nSPS) is 12.8. The molecule has 22 heavy (non-hydrogen) atoms. The summed E-state index contributed by atoms with van der Waals surface area (Å²) in [6.07, 6.45) is 0.881. The van der Waals surface area contributed by atoms with Gasteiger partial charge in [0, 0.05) is 6.54 Å². The molecule has 0 radical (unpaired) electrons. The van der Waals surface area contributed by atoms with Gasteiger partial charge in [-0.15, -0.1) is 12.4 Å². The highest BCUT2D eigenvalue weighted by Crippen LogP contribution is 2.27.